The topological polar surface area (TPSA) is 41.6 Å². The summed E-state index contributed by atoms with van der Waals surface area (Å²) in [6, 6.07) is 0. The van der Waals surface area contributed by atoms with Gasteiger partial charge in [0.1, 0.15) is 0 Å². The molecule has 0 radical (unpaired) electrons. The molecule has 68 valence electrons. The average Bonchev–Trinajstić information content (AvgIpc) is 2.56. The van der Waals surface area contributed by atoms with Crippen LogP contribution in [0.4, 0.5) is 0 Å². The molecule has 0 saturated heterocycles. The zero-order chi connectivity index (χ0) is 8.81. The lowest BCUT2D eigenvalue weighted by Gasteiger charge is -2.04. The van der Waals surface area contributed by atoms with E-state index in [4.69, 9.17) is 0 Å². The summed E-state index contributed by atoms with van der Waals surface area (Å²) in [5.74, 6) is 0. The van der Waals surface area contributed by atoms with Gasteiger partial charge in [0.25, 0.3) is 0 Å². The Kier molecular flexibility index (Phi) is 4.14. The fraction of sp³-hybridized carbons (Fsp3) is 0.750. The van der Waals surface area contributed by atoms with E-state index in [-0.39, 0.29) is 5.25 Å². The van der Waals surface area contributed by atoms with E-state index in [1.165, 1.54) is 19.3 Å². The molecule has 0 aromatic carbocycles. The fourth-order valence-corrected chi connectivity index (χ4v) is 1.41. The number of hydrogen-bond acceptors (Lipinski definition) is 3. The van der Waals surface area contributed by atoms with Crippen LogP contribution in [-0.2, 0) is 0 Å². The number of H-pyrrole nitrogens is 1. The third kappa shape index (κ3) is 2.85. The summed E-state index contributed by atoms with van der Waals surface area (Å²) in [6.07, 6.45) is 6.57. The van der Waals surface area contributed by atoms with Crippen molar-refractivity contribution < 1.29 is 0 Å². The highest BCUT2D eigenvalue weighted by atomic mass is 32.1. The van der Waals surface area contributed by atoms with Gasteiger partial charge in [0, 0.05) is 5.25 Å². The standard InChI is InChI=1S/C8H15N3S/c1-2-3-4-5-8(12)7-6-9-11-10-7/h6,8,12H,2-5H2,1H3,(H,9,10,11). The van der Waals surface area contributed by atoms with E-state index in [1.54, 1.807) is 6.20 Å². The van der Waals surface area contributed by atoms with Crippen molar-refractivity contribution >= 4 is 12.6 Å². The molecule has 1 heterocycles. The number of nitrogens with zero attached hydrogens (tertiary/aromatic N) is 2. The third-order valence-corrected chi connectivity index (χ3v) is 2.38. The van der Waals surface area contributed by atoms with Gasteiger partial charge in [-0.25, -0.2) is 0 Å². The van der Waals surface area contributed by atoms with E-state index in [9.17, 15) is 0 Å². The maximum Gasteiger partial charge on any atom is 0.0951 e. The van der Waals surface area contributed by atoms with Crippen molar-refractivity contribution in [1.82, 2.24) is 15.4 Å². The molecule has 0 bridgehead atoms. The lowest BCUT2D eigenvalue weighted by Crippen LogP contribution is -1.91. The molecule has 1 atom stereocenters. The van der Waals surface area contributed by atoms with E-state index < -0.39 is 0 Å². The molecule has 1 aromatic rings. The molecule has 3 nitrogen and oxygen atoms in total. The van der Waals surface area contributed by atoms with Crippen LogP contribution in [0, 0.1) is 0 Å². The molecule has 0 saturated carbocycles. The molecule has 1 rings (SSSR count). The van der Waals surface area contributed by atoms with Gasteiger partial charge in [-0.15, -0.1) is 0 Å². The Morgan fingerprint density at radius 3 is 3.00 bits per heavy atom. The number of hydrogen-bond donors (Lipinski definition) is 2. The molecule has 12 heavy (non-hydrogen) atoms. The number of thiol groups is 1. The largest absolute Gasteiger partial charge is 0.198 e. The number of aromatic amines is 1. The second kappa shape index (κ2) is 5.19. The first-order valence-electron chi connectivity index (χ1n) is 4.38. The van der Waals surface area contributed by atoms with Crippen LogP contribution in [0.25, 0.3) is 0 Å². The van der Waals surface area contributed by atoms with Crippen molar-refractivity contribution in [2.24, 2.45) is 0 Å². The van der Waals surface area contributed by atoms with Crippen LogP contribution in [-0.4, -0.2) is 15.4 Å². The van der Waals surface area contributed by atoms with Gasteiger partial charge in [-0.3, -0.25) is 0 Å². The van der Waals surface area contributed by atoms with E-state index in [0.29, 0.717) is 0 Å². The van der Waals surface area contributed by atoms with Crippen molar-refractivity contribution in [3.8, 4) is 0 Å². The number of rotatable bonds is 5. The quantitative estimate of drug-likeness (QED) is 0.546. The summed E-state index contributed by atoms with van der Waals surface area (Å²) >= 11 is 4.44. The first-order valence-corrected chi connectivity index (χ1v) is 4.90. The first-order chi connectivity index (χ1) is 5.84. The summed E-state index contributed by atoms with van der Waals surface area (Å²) in [7, 11) is 0. The molecule has 0 aliphatic carbocycles. The van der Waals surface area contributed by atoms with Crippen molar-refractivity contribution in [2.45, 2.75) is 37.9 Å². The van der Waals surface area contributed by atoms with E-state index in [2.05, 4.69) is 35.0 Å². The summed E-state index contributed by atoms with van der Waals surface area (Å²) in [4.78, 5) is 0. The van der Waals surface area contributed by atoms with Gasteiger partial charge >= 0.3 is 0 Å². The Labute approximate surface area is 78.4 Å². The smallest absolute Gasteiger partial charge is 0.0951 e. The van der Waals surface area contributed by atoms with E-state index in [0.717, 1.165) is 12.1 Å². The van der Waals surface area contributed by atoms with Gasteiger partial charge in [-0.1, -0.05) is 26.2 Å². The second-order valence-electron chi connectivity index (χ2n) is 2.91. The molecule has 1 aromatic heterocycles. The zero-order valence-electron chi connectivity index (χ0n) is 7.32. The van der Waals surface area contributed by atoms with Gasteiger partial charge in [0.2, 0.25) is 0 Å². The Balaban J connectivity index is 2.25. The van der Waals surface area contributed by atoms with Crippen LogP contribution >= 0.6 is 12.6 Å². The molecule has 0 fully saturated rings. The van der Waals surface area contributed by atoms with Crippen LogP contribution in [0.5, 0.6) is 0 Å². The predicted octanol–water partition coefficient (Wildman–Crippen LogP) is 2.36. The molecular weight excluding hydrogens is 170 g/mol. The molecule has 0 amide bonds. The number of aromatic nitrogens is 3. The zero-order valence-corrected chi connectivity index (χ0v) is 8.22. The summed E-state index contributed by atoms with van der Waals surface area (Å²) in [5.41, 5.74) is 0.953. The van der Waals surface area contributed by atoms with Gasteiger partial charge in [-0.05, 0) is 6.42 Å². The van der Waals surface area contributed by atoms with Crippen molar-refractivity contribution in [3.05, 3.63) is 11.9 Å². The highest BCUT2D eigenvalue weighted by Crippen LogP contribution is 2.23. The van der Waals surface area contributed by atoms with Crippen molar-refractivity contribution in [3.63, 3.8) is 0 Å². The maximum atomic E-state index is 4.44. The van der Waals surface area contributed by atoms with Crippen LogP contribution in [0.1, 0.15) is 43.6 Å². The maximum absolute atomic E-state index is 4.44. The minimum atomic E-state index is 0.246. The third-order valence-electron chi connectivity index (χ3n) is 1.86. The predicted molar refractivity (Wildman–Crippen MR) is 52.3 cm³/mol. The van der Waals surface area contributed by atoms with Crippen molar-refractivity contribution in [2.75, 3.05) is 0 Å². The minimum absolute atomic E-state index is 0.246. The normalized spacial score (nSPS) is 13.2. The van der Waals surface area contributed by atoms with Crippen LogP contribution in [0.2, 0.25) is 0 Å². The second-order valence-corrected chi connectivity index (χ2v) is 3.53. The summed E-state index contributed by atoms with van der Waals surface area (Å²) < 4.78 is 0. The molecule has 0 spiro atoms. The van der Waals surface area contributed by atoms with Crippen LogP contribution in [0.3, 0.4) is 0 Å². The van der Waals surface area contributed by atoms with E-state index in [1.807, 2.05) is 0 Å². The lowest BCUT2D eigenvalue weighted by atomic mass is 10.1. The fourth-order valence-electron chi connectivity index (χ4n) is 1.11. The van der Waals surface area contributed by atoms with Crippen molar-refractivity contribution in [1.29, 1.82) is 0 Å². The Bertz CT molecular complexity index is 198. The van der Waals surface area contributed by atoms with Gasteiger partial charge < -0.3 is 0 Å². The first kappa shape index (κ1) is 9.58. The van der Waals surface area contributed by atoms with Gasteiger partial charge in [-0.2, -0.15) is 28.0 Å². The molecule has 1 N–H and O–H groups in total. The van der Waals surface area contributed by atoms with E-state index >= 15 is 0 Å². The van der Waals surface area contributed by atoms with Gasteiger partial charge in [0.15, 0.2) is 0 Å². The number of unbranched alkanes of at least 4 members (excludes halogenated alkanes) is 2. The summed E-state index contributed by atoms with van der Waals surface area (Å²) in [6.45, 7) is 2.20. The molecule has 0 aliphatic rings. The lowest BCUT2D eigenvalue weighted by molar-refractivity contribution is 0.653. The molecule has 0 aliphatic heterocycles. The average molecular weight is 185 g/mol. The highest BCUT2D eigenvalue weighted by molar-refractivity contribution is 7.80. The SMILES string of the molecule is CCCCCC(S)c1cn[nH]n1. The van der Waals surface area contributed by atoms with Gasteiger partial charge in [0.05, 0.1) is 11.9 Å². The minimum Gasteiger partial charge on any atom is -0.198 e. The molecule has 1 unspecified atom stereocenters. The Hall–Kier alpha value is -0.510. The monoisotopic (exact) mass is 185 g/mol. The van der Waals surface area contributed by atoms with Crippen LogP contribution in [0.15, 0.2) is 6.20 Å². The Morgan fingerprint density at radius 1 is 1.58 bits per heavy atom. The van der Waals surface area contributed by atoms with Crippen LogP contribution < -0.4 is 0 Å². The Morgan fingerprint density at radius 2 is 2.42 bits per heavy atom. The number of nitrogens with one attached hydrogen (secondary N) is 1. The summed E-state index contributed by atoms with van der Waals surface area (Å²) in [5, 5.41) is 10.6. The molecular formula is C8H15N3S. The highest BCUT2D eigenvalue weighted by Gasteiger charge is 2.07. The molecule has 4 heteroatoms.